The van der Waals surface area contributed by atoms with Gasteiger partial charge >= 0.3 is 0 Å². The Kier molecular flexibility index (Phi) is 3.79. The summed E-state index contributed by atoms with van der Waals surface area (Å²) in [4.78, 5) is 0. The van der Waals surface area contributed by atoms with Crippen molar-refractivity contribution in [2.24, 2.45) is 0 Å². The van der Waals surface area contributed by atoms with E-state index in [0.717, 1.165) is 13.1 Å². The van der Waals surface area contributed by atoms with Gasteiger partial charge in [0.2, 0.25) is 0 Å². The lowest BCUT2D eigenvalue weighted by molar-refractivity contribution is 0.678. The molecule has 0 saturated heterocycles. The maximum atomic E-state index is 4.73. The first-order valence-corrected chi connectivity index (χ1v) is 7.97. The zero-order valence-electron chi connectivity index (χ0n) is 12.9. The molecule has 0 aliphatic rings. The summed E-state index contributed by atoms with van der Waals surface area (Å²) < 4.78 is 0. The Balaban J connectivity index is 1.45. The number of fused-ring (bicyclic) bond motifs is 2. The van der Waals surface area contributed by atoms with Crippen molar-refractivity contribution >= 4 is 21.5 Å². The van der Waals surface area contributed by atoms with E-state index < -0.39 is 0 Å². The van der Waals surface area contributed by atoms with Crippen molar-refractivity contribution in [1.82, 2.24) is 5.32 Å². The van der Waals surface area contributed by atoms with Crippen molar-refractivity contribution in [1.29, 1.82) is 0 Å². The number of hydrogen-bond acceptors (Lipinski definition) is 0. The van der Waals surface area contributed by atoms with Crippen molar-refractivity contribution in [3.05, 3.63) is 96.1 Å². The molecular weight excluding hydrogens is 278 g/mol. The van der Waals surface area contributed by atoms with Crippen LogP contribution in [0.15, 0.2) is 84.9 Å². The van der Waals surface area contributed by atoms with Crippen LogP contribution < -0.4 is 5.32 Å². The molecule has 4 aromatic carbocycles. The third-order valence-corrected chi connectivity index (χ3v) is 4.22. The van der Waals surface area contributed by atoms with E-state index in [1.165, 1.54) is 32.7 Å². The molecule has 4 rings (SSSR count). The summed E-state index contributed by atoms with van der Waals surface area (Å²) in [7, 11) is 0. The Hall–Kier alpha value is -2.64. The van der Waals surface area contributed by atoms with Gasteiger partial charge in [0.25, 0.3) is 0 Å². The molecule has 1 nitrogen and oxygen atoms in total. The molecule has 0 aromatic heterocycles. The van der Waals surface area contributed by atoms with Gasteiger partial charge in [0.1, 0.15) is 0 Å². The summed E-state index contributed by atoms with van der Waals surface area (Å²) in [6.45, 7) is 1.52. The third kappa shape index (κ3) is 3.10. The number of nitrogens with zero attached hydrogens (tertiary/aromatic N) is 1. The predicted octanol–water partition coefficient (Wildman–Crippen LogP) is 5.30. The van der Waals surface area contributed by atoms with Crippen molar-refractivity contribution < 1.29 is 0 Å². The van der Waals surface area contributed by atoms with Crippen LogP contribution in [0.2, 0.25) is 0 Å². The van der Waals surface area contributed by atoms with Crippen LogP contribution in [0.25, 0.3) is 21.5 Å². The van der Waals surface area contributed by atoms with E-state index >= 15 is 0 Å². The molecule has 4 aromatic rings. The van der Waals surface area contributed by atoms with Gasteiger partial charge in [-0.2, -0.15) is 0 Å². The van der Waals surface area contributed by atoms with E-state index in [1.54, 1.807) is 0 Å². The molecule has 0 aliphatic heterocycles. The van der Waals surface area contributed by atoms with Crippen LogP contribution in [-0.4, -0.2) is 0 Å². The topological polar surface area (TPSA) is 14.1 Å². The normalized spacial score (nSPS) is 11.1. The van der Waals surface area contributed by atoms with Gasteiger partial charge in [0, 0.05) is 13.1 Å². The first-order chi connectivity index (χ1) is 11.4. The minimum Gasteiger partial charge on any atom is -0.232 e. The average molecular weight is 296 g/mol. The Morgan fingerprint density at radius 2 is 0.913 bits per heavy atom. The van der Waals surface area contributed by atoms with Gasteiger partial charge in [-0.3, -0.25) is 0 Å². The number of rotatable bonds is 4. The molecule has 0 heterocycles. The largest absolute Gasteiger partial charge is 0.232 e. The first-order valence-electron chi connectivity index (χ1n) is 7.97. The van der Waals surface area contributed by atoms with Crippen LogP contribution in [0.3, 0.4) is 0 Å². The molecule has 0 atom stereocenters. The maximum absolute atomic E-state index is 4.73. The molecular formula is C22H18N. The van der Waals surface area contributed by atoms with E-state index in [2.05, 4.69) is 84.9 Å². The van der Waals surface area contributed by atoms with Crippen molar-refractivity contribution in [3.8, 4) is 0 Å². The second-order valence-electron chi connectivity index (χ2n) is 5.90. The molecule has 0 unspecified atom stereocenters. The average Bonchev–Trinajstić information content (AvgIpc) is 2.61. The third-order valence-electron chi connectivity index (χ3n) is 4.22. The molecule has 0 bridgehead atoms. The first kappa shape index (κ1) is 14.0. The lowest BCUT2D eigenvalue weighted by atomic mass is 10.1. The van der Waals surface area contributed by atoms with Crippen molar-refractivity contribution in [3.63, 3.8) is 0 Å². The molecule has 0 saturated carbocycles. The summed E-state index contributed by atoms with van der Waals surface area (Å²) >= 11 is 0. The summed E-state index contributed by atoms with van der Waals surface area (Å²) in [5.41, 5.74) is 2.54. The van der Waals surface area contributed by atoms with Crippen LogP contribution in [-0.2, 0) is 13.1 Å². The van der Waals surface area contributed by atoms with E-state index in [0.29, 0.717) is 0 Å². The second kappa shape index (κ2) is 6.23. The Labute approximate surface area is 136 Å². The molecule has 0 fully saturated rings. The van der Waals surface area contributed by atoms with Gasteiger partial charge in [-0.05, 0) is 44.8 Å². The highest BCUT2D eigenvalue weighted by atomic mass is 14.8. The zero-order chi connectivity index (χ0) is 15.5. The predicted molar refractivity (Wildman–Crippen MR) is 97.4 cm³/mol. The van der Waals surface area contributed by atoms with Crippen molar-refractivity contribution in [2.75, 3.05) is 0 Å². The van der Waals surface area contributed by atoms with Gasteiger partial charge in [0.05, 0.1) is 0 Å². The van der Waals surface area contributed by atoms with Crippen LogP contribution in [0.5, 0.6) is 0 Å². The molecule has 1 heteroatoms. The highest BCUT2D eigenvalue weighted by Crippen LogP contribution is 2.17. The molecule has 0 N–H and O–H groups in total. The van der Waals surface area contributed by atoms with Gasteiger partial charge in [-0.25, -0.2) is 5.32 Å². The minimum absolute atomic E-state index is 0.762. The van der Waals surface area contributed by atoms with Gasteiger partial charge < -0.3 is 0 Å². The Morgan fingerprint density at radius 1 is 0.478 bits per heavy atom. The van der Waals surface area contributed by atoms with Crippen LogP contribution in [0.4, 0.5) is 0 Å². The van der Waals surface area contributed by atoms with Crippen LogP contribution >= 0.6 is 0 Å². The number of benzene rings is 4. The SMILES string of the molecule is c1ccc2cc(C[N]Cc3ccc4ccccc4c3)ccc2c1. The second-order valence-corrected chi connectivity index (χ2v) is 5.90. The molecule has 0 amide bonds. The Morgan fingerprint density at radius 3 is 1.39 bits per heavy atom. The van der Waals surface area contributed by atoms with Gasteiger partial charge in [0.15, 0.2) is 0 Å². The molecule has 0 aliphatic carbocycles. The van der Waals surface area contributed by atoms with E-state index in [9.17, 15) is 0 Å². The van der Waals surface area contributed by atoms with E-state index in [-0.39, 0.29) is 0 Å². The van der Waals surface area contributed by atoms with E-state index in [4.69, 9.17) is 5.32 Å². The van der Waals surface area contributed by atoms with E-state index in [1.807, 2.05) is 0 Å². The van der Waals surface area contributed by atoms with Gasteiger partial charge in [-0.15, -0.1) is 0 Å². The zero-order valence-corrected chi connectivity index (χ0v) is 12.9. The summed E-state index contributed by atoms with van der Waals surface area (Å²) in [5, 5.41) is 9.86. The molecule has 0 spiro atoms. The Bertz CT molecular complexity index is 877. The lowest BCUT2D eigenvalue weighted by Gasteiger charge is -2.06. The fourth-order valence-corrected chi connectivity index (χ4v) is 2.99. The summed E-state index contributed by atoms with van der Waals surface area (Å²) in [6, 6.07) is 30.1. The highest BCUT2D eigenvalue weighted by molar-refractivity contribution is 5.83. The molecule has 111 valence electrons. The smallest absolute Gasteiger partial charge is 0.0388 e. The minimum atomic E-state index is 0.762. The van der Waals surface area contributed by atoms with Gasteiger partial charge in [-0.1, -0.05) is 72.8 Å². The fourth-order valence-electron chi connectivity index (χ4n) is 2.99. The number of hydrogen-bond donors (Lipinski definition) is 0. The fraction of sp³-hybridized carbons (Fsp3) is 0.0909. The van der Waals surface area contributed by atoms with Crippen molar-refractivity contribution in [2.45, 2.75) is 13.1 Å². The summed E-state index contributed by atoms with van der Waals surface area (Å²) in [5.74, 6) is 0. The maximum Gasteiger partial charge on any atom is 0.0388 e. The van der Waals surface area contributed by atoms with Crippen LogP contribution in [0, 0.1) is 0 Å². The highest BCUT2D eigenvalue weighted by Gasteiger charge is 1.99. The molecule has 23 heavy (non-hydrogen) atoms. The van der Waals surface area contributed by atoms with Crippen LogP contribution in [0.1, 0.15) is 11.1 Å². The lowest BCUT2D eigenvalue weighted by Crippen LogP contribution is -2.04. The standard InChI is InChI=1S/C22H18N/c1-3-7-21-13-17(9-11-19(21)5-1)15-23-16-18-10-12-20-6-2-4-8-22(20)14-18/h1-14H,15-16H2. The quantitative estimate of drug-likeness (QED) is 0.485. The summed E-state index contributed by atoms with van der Waals surface area (Å²) in [6.07, 6.45) is 0. The monoisotopic (exact) mass is 296 g/mol. The molecule has 1 radical (unpaired) electrons.